The Morgan fingerprint density at radius 2 is 2.00 bits per heavy atom. The van der Waals surface area contributed by atoms with E-state index < -0.39 is 10.0 Å². The molecule has 0 saturated carbocycles. The largest absolute Gasteiger partial charge is 0.274 e. The van der Waals surface area contributed by atoms with Crippen LogP contribution >= 0.6 is 12.2 Å². The van der Waals surface area contributed by atoms with Gasteiger partial charge in [0.25, 0.3) is 0 Å². The number of pyridine rings is 1. The van der Waals surface area contributed by atoms with Crippen LogP contribution in [0.1, 0.15) is 19.3 Å². The molecule has 0 bridgehead atoms. The maximum atomic E-state index is 12.6. The lowest BCUT2D eigenvalue weighted by Crippen LogP contribution is -2.35. The number of fused-ring (bicyclic) bond motifs is 1. The molecule has 0 aromatic carbocycles. The van der Waals surface area contributed by atoms with E-state index in [0.29, 0.717) is 23.5 Å². The molecule has 3 rings (SSSR count). The van der Waals surface area contributed by atoms with Crippen molar-refractivity contribution in [2.45, 2.75) is 24.2 Å². The molecule has 2 aromatic rings. The number of sulfonamides is 1. The third-order valence-electron chi connectivity index (χ3n) is 3.34. The molecular weight excluding hydrogens is 284 g/mol. The van der Waals surface area contributed by atoms with Gasteiger partial charge >= 0.3 is 0 Å². The molecule has 1 N–H and O–H groups in total. The minimum Gasteiger partial charge on any atom is -0.274 e. The topological polar surface area (TPSA) is 70.5 Å². The third kappa shape index (κ3) is 2.09. The zero-order valence-electron chi connectivity index (χ0n) is 10.2. The Kier molecular flexibility index (Phi) is 3.15. The molecule has 2 aromatic heterocycles. The summed E-state index contributed by atoms with van der Waals surface area (Å²) < 4.78 is 28.8. The Morgan fingerprint density at radius 1 is 1.26 bits per heavy atom. The summed E-state index contributed by atoms with van der Waals surface area (Å²) in [5, 5.41) is 6.64. The van der Waals surface area contributed by atoms with Crippen molar-refractivity contribution >= 4 is 27.9 Å². The van der Waals surface area contributed by atoms with Gasteiger partial charge in [-0.2, -0.15) is 9.40 Å². The maximum absolute atomic E-state index is 12.6. The number of nitrogens with zero attached hydrogens (tertiary/aromatic N) is 3. The summed E-state index contributed by atoms with van der Waals surface area (Å²) in [6.07, 6.45) is 4.62. The number of H-pyrrole nitrogens is 1. The van der Waals surface area contributed by atoms with Gasteiger partial charge in [-0.1, -0.05) is 6.42 Å². The van der Waals surface area contributed by atoms with E-state index in [1.807, 2.05) is 0 Å². The van der Waals surface area contributed by atoms with Gasteiger partial charge in [0.1, 0.15) is 4.90 Å². The average molecular weight is 298 g/mol. The first-order valence-corrected chi connectivity index (χ1v) is 8.01. The molecule has 3 heterocycles. The maximum Gasteiger partial charge on any atom is 0.246 e. The fourth-order valence-corrected chi connectivity index (χ4v) is 4.19. The van der Waals surface area contributed by atoms with Crippen molar-refractivity contribution < 1.29 is 8.42 Å². The van der Waals surface area contributed by atoms with E-state index in [1.165, 1.54) is 4.31 Å². The van der Waals surface area contributed by atoms with E-state index >= 15 is 0 Å². The molecule has 6 nitrogen and oxygen atoms in total. The van der Waals surface area contributed by atoms with Crippen LogP contribution in [0, 0.1) is 4.77 Å². The van der Waals surface area contributed by atoms with E-state index in [1.54, 1.807) is 22.7 Å². The molecule has 1 aliphatic heterocycles. The van der Waals surface area contributed by atoms with Crippen molar-refractivity contribution in [1.29, 1.82) is 0 Å². The van der Waals surface area contributed by atoms with Gasteiger partial charge in [-0.15, -0.1) is 0 Å². The number of aromatic nitrogens is 3. The normalized spacial score (nSPS) is 17.9. The van der Waals surface area contributed by atoms with E-state index in [-0.39, 0.29) is 4.90 Å². The van der Waals surface area contributed by atoms with Gasteiger partial charge in [-0.05, 0) is 37.2 Å². The zero-order valence-corrected chi connectivity index (χ0v) is 11.9. The van der Waals surface area contributed by atoms with Crippen LogP contribution in [0.15, 0.2) is 23.2 Å². The van der Waals surface area contributed by atoms with Gasteiger partial charge in [-0.3, -0.25) is 9.50 Å². The predicted molar refractivity (Wildman–Crippen MR) is 73.0 cm³/mol. The predicted octanol–water partition coefficient (Wildman–Crippen LogP) is 1.57. The monoisotopic (exact) mass is 298 g/mol. The molecule has 0 atom stereocenters. The summed E-state index contributed by atoms with van der Waals surface area (Å²) in [7, 11) is -3.49. The number of hydrogen-bond acceptors (Lipinski definition) is 4. The van der Waals surface area contributed by atoms with E-state index in [2.05, 4.69) is 10.2 Å². The number of nitrogens with one attached hydrogen (secondary N) is 1. The first-order valence-electron chi connectivity index (χ1n) is 6.16. The molecule has 19 heavy (non-hydrogen) atoms. The van der Waals surface area contributed by atoms with Crippen LogP contribution in [0.3, 0.4) is 0 Å². The summed E-state index contributed by atoms with van der Waals surface area (Å²) >= 11 is 5.06. The summed E-state index contributed by atoms with van der Waals surface area (Å²) in [6.45, 7) is 1.16. The van der Waals surface area contributed by atoms with Gasteiger partial charge in [0.05, 0.1) is 0 Å². The number of rotatable bonds is 2. The van der Waals surface area contributed by atoms with Crippen LogP contribution in [-0.4, -0.2) is 40.4 Å². The molecule has 0 unspecified atom stereocenters. The molecule has 1 saturated heterocycles. The van der Waals surface area contributed by atoms with Crippen LogP contribution in [0.25, 0.3) is 5.65 Å². The third-order valence-corrected chi connectivity index (χ3v) is 5.55. The molecule has 0 spiro atoms. The number of hydrogen-bond donors (Lipinski definition) is 1. The molecule has 0 radical (unpaired) electrons. The molecule has 1 aliphatic rings. The molecule has 8 heteroatoms. The van der Waals surface area contributed by atoms with Crippen molar-refractivity contribution in [1.82, 2.24) is 18.9 Å². The highest BCUT2D eigenvalue weighted by molar-refractivity contribution is 7.89. The second-order valence-electron chi connectivity index (χ2n) is 4.56. The lowest BCUT2D eigenvalue weighted by molar-refractivity contribution is 0.347. The highest BCUT2D eigenvalue weighted by Crippen LogP contribution is 2.23. The minimum absolute atomic E-state index is 0.212. The standard InChI is InChI=1S/C11H14N4O2S2/c16-19(17,14-6-2-1-3-7-14)9-5-4-8-15-10(9)12-13-11(15)18/h4-5,8H,1-3,6-7H2,(H,13,18). The van der Waals surface area contributed by atoms with Gasteiger partial charge in [0, 0.05) is 19.3 Å². The highest BCUT2D eigenvalue weighted by Gasteiger charge is 2.28. The van der Waals surface area contributed by atoms with Crippen LogP contribution in [-0.2, 0) is 10.0 Å². The van der Waals surface area contributed by atoms with Gasteiger partial charge < -0.3 is 0 Å². The molecule has 0 aliphatic carbocycles. The molecular formula is C11H14N4O2S2. The van der Waals surface area contributed by atoms with Crippen molar-refractivity contribution in [3.8, 4) is 0 Å². The van der Waals surface area contributed by atoms with E-state index in [4.69, 9.17) is 12.2 Å². The fourth-order valence-electron chi connectivity index (χ4n) is 2.35. The SMILES string of the molecule is O=S(=O)(c1cccn2c(=S)[nH]nc12)N1CCCCC1. The average Bonchev–Trinajstić information content (AvgIpc) is 2.81. The summed E-state index contributed by atoms with van der Waals surface area (Å²) in [4.78, 5) is 0.212. The van der Waals surface area contributed by atoms with Crippen molar-refractivity contribution in [2.75, 3.05) is 13.1 Å². The van der Waals surface area contributed by atoms with Crippen LogP contribution in [0.4, 0.5) is 0 Å². The Balaban J connectivity index is 2.15. The zero-order chi connectivity index (χ0) is 13.5. The number of piperidine rings is 1. The van der Waals surface area contributed by atoms with Crippen molar-refractivity contribution in [3.05, 3.63) is 23.1 Å². The van der Waals surface area contributed by atoms with Crippen LogP contribution in [0.2, 0.25) is 0 Å². The summed E-state index contributed by atoms with van der Waals surface area (Å²) in [6, 6.07) is 3.25. The second-order valence-corrected chi connectivity index (χ2v) is 6.85. The quantitative estimate of drug-likeness (QED) is 0.854. The second kappa shape index (κ2) is 4.69. The van der Waals surface area contributed by atoms with Crippen molar-refractivity contribution in [2.24, 2.45) is 0 Å². The molecule has 102 valence electrons. The Labute approximate surface area is 116 Å². The smallest absolute Gasteiger partial charge is 0.246 e. The Morgan fingerprint density at radius 3 is 2.74 bits per heavy atom. The van der Waals surface area contributed by atoms with E-state index in [9.17, 15) is 8.42 Å². The van der Waals surface area contributed by atoms with Gasteiger partial charge in [0.15, 0.2) is 10.4 Å². The minimum atomic E-state index is -3.49. The fraction of sp³-hybridized carbons (Fsp3) is 0.455. The van der Waals surface area contributed by atoms with Gasteiger partial charge in [-0.25, -0.2) is 8.42 Å². The first kappa shape index (κ1) is 12.8. The number of aromatic amines is 1. The first-order chi connectivity index (χ1) is 9.10. The van der Waals surface area contributed by atoms with Crippen molar-refractivity contribution in [3.63, 3.8) is 0 Å². The van der Waals surface area contributed by atoms with E-state index in [0.717, 1.165) is 19.3 Å². The molecule has 1 fully saturated rings. The van der Waals surface area contributed by atoms with Crippen LogP contribution < -0.4 is 0 Å². The summed E-state index contributed by atoms with van der Waals surface area (Å²) in [5.74, 6) is 0. The highest BCUT2D eigenvalue weighted by atomic mass is 32.2. The summed E-state index contributed by atoms with van der Waals surface area (Å²) in [5.41, 5.74) is 0.359. The Bertz CT molecular complexity index is 756. The van der Waals surface area contributed by atoms with Crippen LogP contribution in [0.5, 0.6) is 0 Å². The Hall–Kier alpha value is -1.25. The van der Waals surface area contributed by atoms with Gasteiger partial charge in [0.2, 0.25) is 10.0 Å². The lowest BCUT2D eigenvalue weighted by Gasteiger charge is -2.25. The molecule has 0 amide bonds. The lowest BCUT2D eigenvalue weighted by atomic mass is 10.2.